The monoisotopic (exact) mass is 250 g/mol. The van der Waals surface area contributed by atoms with Crippen LogP contribution in [0.25, 0.3) is 0 Å². The van der Waals surface area contributed by atoms with E-state index in [1.54, 1.807) is 0 Å². The van der Waals surface area contributed by atoms with Crippen molar-refractivity contribution in [3.63, 3.8) is 0 Å². The molecule has 0 saturated heterocycles. The molecule has 2 nitrogen and oxygen atoms in total. The van der Waals surface area contributed by atoms with Crippen LogP contribution in [0.5, 0.6) is 0 Å². The van der Waals surface area contributed by atoms with E-state index in [4.69, 9.17) is 4.74 Å². The predicted octanol–water partition coefficient (Wildman–Crippen LogP) is 4.06. The van der Waals surface area contributed by atoms with Crippen LogP contribution in [0.4, 0.5) is 0 Å². The lowest BCUT2D eigenvalue weighted by Crippen LogP contribution is -1.99. The van der Waals surface area contributed by atoms with E-state index >= 15 is 0 Å². The molecule has 0 saturated carbocycles. The summed E-state index contributed by atoms with van der Waals surface area (Å²) in [5.41, 5.74) is 2.08. The molecule has 0 bridgehead atoms. The second kappa shape index (κ2) is 10.1. The Morgan fingerprint density at radius 3 is 2.33 bits per heavy atom. The maximum Gasteiger partial charge on any atom is 0.0720 e. The predicted molar refractivity (Wildman–Crippen MR) is 75.4 cm³/mol. The van der Waals surface area contributed by atoms with Gasteiger partial charge in [-0.1, -0.05) is 63.3 Å². The SMILES string of the molecule is CCCCCCCCOCc1ccccc1CO. The summed E-state index contributed by atoms with van der Waals surface area (Å²) in [7, 11) is 0. The van der Waals surface area contributed by atoms with Crippen LogP contribution in [0.15, 0.2) is 24.3 Å². The van der Waals surface area contributed by atoms with Crippen LogP contribution < -0.4 is 0 Å². The minimum absolute atomic E-state index is 0.0938. The van der Waals surface area contributed by atoms with Crippen LogP contribution in [0, 0.1) is 0 Å². The fraction of sp³-hybridized carbons (Fsp3) is 0.625. The van der Waals surface area contributed by atoms with Crippen molar-refractivity contribution in [3.8, 4) is 0 Å². The molecule has 18 heavy (non-hydrogen) atoms. The summed E-state index contributed by atoms with van der Waals surface area (Å²) in [6.45, 7) is 3.77. The molecule has 0 spiro atoms. The van der Waals surface area contributed by atoms with Gasteiger partial charge in [0.25, 0.3) is 0 Å². The number of ether oxygens (including phenoxy) is 1. The first-order valence-electron chi connectivity index (χ1n) is 7.14. The highest BCUT2D eigenvalue weighted by molar-refractivity contribution is 5.25. The van der Waals surface area contributed by atoms with Gasteiger partial charge >= 0.3 is 0 Å². The second-order valence-electron chi connectivity index (χ2n) is 4.75. The average molecular weight is 250 g/mol. The summed E-state index contributed by atoms with van der Waals surface area (Å²) in [5.74, 6) is 0. The molecule has 1 rings (SSSR count). The van der Waals surface area contributed by atoms with E-state index in [1.165, 1.54) is 32.1 Å². The van der Waals surface area contributed by atoms with E-state index in [2.05, 4.69) is 6.92 Å². The van der Waals surface area contributed by atoms with Gasteiger partial charge < -0.3 is 9.84 Å². The summed E-state index contributed by atoms with van der Waals surface area (Å²) in [6.07, 6.45) is 7.74. The molecule has 1 aromatic rings. The van der Waals surface area contributed by atoms with Crippen molar-refractivity contribution < 1.29 is 9.84 Å². The molecule has 0 aliphatic carbocycles. The molecule has 1 aromatic carbocycles. The highest BCUT2D eigenvalue weighted by Gasteiger charge is 2.00. The normalized spacial score (nSPS) is 10.8. The molecular formula is C16H26O2. The van der Waals surface area contributed by atoms with E-state index in [0.29, 0.717) is 6.61 Å². The number of aliphatic hydroxyl groups excluding tert-OH is 1. The number of aliphatic hydroxyl groups is 1. The molecule has 2 heteroatoms. The van der Waals surface area contributed by atoms with Crippen molar-refractivity contribution in [2.75, 3.05) is 6.61 Å². The summed E-state index contributed by atoms with van der Waals surface area (Å²) in [6, 6.07) is 7.90. The Bertz CT molecular complexity index is 310. The van der Waals surface area contributed by atoms with Crippen molar-refractivity contribution in [2.24, 2.45) is 0 Å². The third-order valence-electron chi connectivity index (χ3n) is 3.19. The molecule has 0 heterocycles. The highest BCUT2D eigenvalue weighted by atomic mass is 16.5. The van der Waals surface area contributed by atoms with Crippen molar-refractivity contribution in [1.29, 1.82) is 0 Å². The third kappa shape index (κ3) is 6.18. The van der Waals surface area contributed by atoms with E-state index < -0.39 is 0 Å². The van der Waals surface area contributed by atoms with Gasteiger partial charge in [-0.25, -0.2) is 0 Å². The Morgan fingerprint density at radius 2 is 1.61 bits per heavy atom. The lowest BCUT2D eigenvalue weighted by Gasteiger charge is -2.08. The molecule has 1 N–H and O–H groups in total. The Morgan fingerprint density at radius 1 is 0.944 bits per heavy atom. The molecule has 0 unspecified atom stereocenters. The first-order chi connectivity index (χ1) is 8.88. The van der Waals surface area contributed by atoms with Crippen LogP contribution in [0.1, 0.15) is 56.6 Å². The van der Waals surface area contributed by atoms with Crippen LogP contribution in [-0.4, -0.2) is 11.7 Å². The topological polar surface area (TPSA) is 29.5 Å². The molecule has 0 aromatic heterocycles. The standard InChI is InChI=1S/C16H26O2/c1-2-3-4-5-6-9-12-18-14-16-11-8-7-10-15(16)13-17/h7-8,10-11,17H,2-6,9,12-14H2,1H3. The lowest BCUT2D eigenvalue weighted by atomic mass is 10.1. The van der Waals surface area contributed by atoms with Crippen LogP contribution >= 0.6 is 0 Å². The van der Waals surface area contributed by atoms with Gasteiger partial charge in [0.05, 0.1) is 13.2 Å². The fourth-order valence-corrected chi connectivity index (χ4v) is 2.02. The molecule has 102 valence electrons. The van der Waals surface area contributed by atoms with Gasteiger partial charge in [0, 0.05) is 6.61 Å². The van der Waals surface area contributed by atoms with Crippen LogP contribution in [0.2, 0.25) is 0 Å². The third-order valence-corrected chi connectivity index (χ3v) is 3.19. The van der Waals surface area contributed by atoms with Crippen molar-refractivity contribution in [3.05, 3.63) is 35.4 Å². The van der Waals surface area contributed by atoms with Crippen molar-refractivity contribution in [2.45, 2.75) is 58.7 Å². The smallest absolute Gasteiger partial charge is 0.0720 e. The van der Waals surface area contributed by atoms with Gasteiger partial charge in [0.1, 0.15) is 0 Å². The molecule has 0 aliphatic heterocycles. The quantitative estimate of drug-likeness (QED) is 0.635. The number of hydrogen-bond acceptors (Lipinski definition) is 2. The molecule has 0 atom stereocenters. The van der Waals surface area contributed by atoms with E-state index in [0.717, 1.165) is 24.2 Å². The van der Waals surface area contributed by atoms with E-state index in [9.17, 15) is 5.11 Å². The summed E-state index contributed by atoms with van der Waals surface area (Å²) in [5, 5.41) is 9.19. The number of rotatable bonds is 10. The number of benzene rings is 1. The second-order valence-corrected chi connectivity index (χ2v) is 4.75. The first kappa shape index (κ1) is 15.2. The van der Waals surface area contributed by atoms with Gasteiger partial charge in [0.15, 0.2) is 0 Å². The Labute approximate surface area is 111 Å². The van der Waals surface area contributed by atoms with Crippen LogP contribution in [0.3, 0.4) is 0 Å². The zero-order chi connectivity index (χ0) is 13.1. The average Bonchev–Trinajstić information content (AvgIpc) is 2.42. The summed E-state index contributed by atoms with van der Waals surface area (Å²) < 4.78 is 5.66. The van der Waals surface area contributed by atoms with Gasteiger partial charge in [-0.3, -0.25) is 0 Å². The number of hydrogen-bond donors (Lipinski definition) is 1. The van der Waals surface area contributed by atoms with Crippen LogP contribution in [-0.2, 0) is 18.0 Å². The fourth-order valence-electron chi connectivity index (χ4n) is 2.02. The largest absolute Gasteiger partial charge is 0.392 e. The van der Waals surface area contributed by atoms with E-state index in [-0.39, 0.29) is 6.61 Å². The minimum Gasteiger partial charge on any atom is -0.392 e. The lowest BCUT2D eigenvalue weighted by molar-refractivity contribution is 0.115. The first-order valence-corrected chi connectivity index (χ1v) is 7.14. The Kier molecular flexibility index (Phi) is 8.53. The summed E-state index contributed by atoms with van der Waals surface area (Å²) >= 11 is 0. The summed E-state index contributed by atoms with van der Waals surface area (Å²) in [4.78, 5) is 0. The minimum atomic E-state index is 0.0938. The molecule has 0 aliphatic rings. The zero-order valence-corrected chi connectivity index (χ0v) is 11.5. The van der Waals surface area contributed by atoms with Gasteiger partial charge in [-0.05, 0) is 17.5 Å². The molecule has 0 fully saturated rings. The Hall–Kier alpha value is -0.860. The molecule has 0 amide bonds. The number of unbranched alkanes of at least 4 members (excludes halogenated alkanes) is 5. The molecular weight excluding hydrogens is 224 g/mol. The van der Waals surface area contributed by atoms with E-state index in [1.807, 2.05) is 24.3 Å². The maximum atomic E-state index is 9.19. The zero-order valence-electron chi connectivity index (χ0n) is 11.5. The highest BCUT2D eigenvalue weighted by Crippen LogP contribution is 2.11. The maximum absolute atomic E-state index is 9.19. The van der Waals surface area contributed by atoms with Gasteiger partial charge in [-0.2, -0.15) is 0 Å². The van der Waals surface area contributed by atoms with Crippen molar-refractivity contribution in [1.82, 2.24) is 0 Å². The Balaban J connectivity index is 2.07. The van der Waals surface area contributed by atoms with Gasteiger partial charge in [0.2, 0.25) is 0 Å². The van der Waals surface area contributed by atoms with Crippen molar-refractivity contribution >= 4 is 0 Å². The molecule has 0 radical (unpaired) electrons. The van der Waals surface area contributed by atoms with Gasteiger partial charge in [-0.15, -0.1) is 0 Å².